The first-order valence-electron chi connectivity index (χ1n) is 5.11. The van der Waals surface area contributed by atoms with Crippen molar-refractivity contribution in [1.82, 2.24) is 15.0 Å². The fourth-order valence-corrected chi connectivity index (χ4v) is 1.73. The zero-order valence-electron chi connectivity index (χ0n) is 9.26. The van der Waals surface area contributed by atoms with Gasteiger partial charge < -0.3 is 11.1 Å². The van der Waals surface area contributed by atoms with Gasteiger partial charge in [0.1, 0.15) is 5.82 Å². The molecule has 0 fully saturated rings. The average molecular weight is 294 g/mol. The van der Waals surface area contributed by atoms with Gasteiger partial charge in [0.2, 0.25) is 5.95 Å². The second kappa shape index (κ2) is 5.09. The molecule has 88 valence electrons. The van der Waals surface area contributed by atoms with E-state index in [1.807, 2.05) is 19.1 Å². The number of hydrogen-bond acceptors (Lipinski definition) is 5. The molecule has 0 aromatic carbocycles. The minimum atomic E-state index is 0.114. The molecule has 0 aliphatic heterocycles. The van der Waals surface area contributed by atoms with E-state index < -0.39 is 0 Å². The Labute approximate surface area is 108 Å². The van der Waals surface area contributed by atoms with Crippen molar-refractivity contribution in [3.8, 4) is 0 Å². The topological polar surface area (TPSA) is 76.7 Å². The lowest BCUT2D eigenvalue weighted by Crippen LogP contribution is -2.10. The molecule has 17 heavy (non-hydrogen) atoms. The van der Waals surface area contributed by atoms with E-state index in [-0.39, 0.29) is 12.0 Å². The molecule has 5 nitrogen and oxygen atoms in total. The van der Waals surface area contributed by atoms with Crippen molar-refractivity contribution in [2.45, 2.75) is 13.0 Å². The van der Waals surface area contributed by atoms with Crippen LogP contribution in [-0.2, 0) is 0 Å². The van der Waals surface area contributed by atoms with Crippen LogP contribution in [0.3, 0.4) is 0 Å². The van der Waals surface area contributed by atoms with Gasteiger partial charge in [-0.3, -0.25) is 4.98 Å². The zero-order valence-corrected chi connectivity index (χ0v) is 10.8. The second-order valence-electron chi connectivity index (χ2n) is 3.57. The molecule has 0 bridgehead atoms. The summed E-state index contributed by atoms with van der Waals surface area (Å²) in [6.45, 7) is 2.04. The summed E-state index contributed by atoms with van der Waals surface area (Å²) < 4.78 is 0.785. The maximum Gasteiger partial charge on any atom is 0.221 e. The van der Waals surface area contributed by atoms with E-state index in [9.17, 15) is 0 Å². The first kappa shape index (κ1) is 11.8. The van der Waals surface area contributed by atoms with Gasteiger partial charge in [0.05, 0.1) is 10.5 Å². The SMILES string of the molecule is CC(Nc1nc(N)ncc1Br)c1ccncc1. The molecule has 0 spiro atoms. The van der Waals surface area contributed by atoms with Crippen LogP contribution in [0.1, 0.15) is 18.5 Å². The number of nitrogens with one attached hydrogen (secondary N) is 1. The molecule has 1 atom stereocenters. The molecule has 3 N–H and O–H groups in total. The molecule has 6 heteroatoms. The van der Waals surface area contributed by atoms with Crippen LogP contribution in [0, 0.1) is 0 Å². The second-order valence-corrected chi connectivity index (χ2v) is 4.43. The number of halogens is 1. The van der Waals surface area contributed by atoms with E-state index >= 15 is 0 Å². The largest absolute Gasteiger partial charge is 0.368 e. The molecule has 0 saturated heterocycles. The Bertz CT molecular complexity index is 502. The van der Waals surface area contributed by atoms with Crippen molar-refractivity contribution < 1.29 is 0 Å². The molecular weight excluding hydrogens is 282 g/mol. The van der Waals surface area contributed by atoms with Crippen molar-refractivity contribution in [2.24, 2.45) is 0 Å². The molecule has 0 aliphatic rings. The van der Waals surface area contributed by atoms with Crippen LogP contribution in [0.25, 0.3) is 0 Å². The van der Waals surface area contributed by atoms with Crippen molar-refractivity contribution in [3.05, 3.63) is 40.8 Å². The molecule has 2 rings (SSSR count). The summed E-state index contributed by atoms with van der Waals surface area (Å²) in [4.78, 5) is 12.0. The first-order chi connectivity index (χ1) is 8.16. The monoisotopic (exact) mass is 293 g/mol. The number of aromatic nitrogens is 3. The van der Waals surface area contributed by atoms with Crippen LogP contribution in [0.15, 0.2) is 35.2 Å². The van der Waals surface area contributed by atoms with E-state index in [4.69, 9.17) is 5.73 Å². The highest BCUT2D eigenvalue weighted by Gasteiger charge is 2.09. The number of anilines is 2. The molecule has 2 heterocycles. The standard InChI is InChI=1S/C11H12BrN5/c1-7(8-2-4-14-5-3-8)16-10-9(12)6-15-11(13)17-10/h2-7H,1H3,(H3,13,15,16,17). The first-order valence-corrected chi connectivity index (χ1v) is 5.90. The lowest BCUT2D eigenvalue weighted by atomic mass is 10.1. The lowest BCUT2D eigenvalue weighted by Gasteiger charge is -2.15. The van der Waals surface area contributed by atoms with Gasteiger partial charge in [-0.15, -0.1) is 0 Å². The summed E-state index contributed by atoms with van der Waals surface area (Å²) in [5.41, 5.74) is 6.68. The third-order valence-electron chi connectivity index (χ3n) is 2.32. The number of pyridine rings is 1. The van der Waals surface area contributed by atoms with Crippen molar-refractivity contribution >= 4 is 27.7 Å². The summed E-state index contributed by atoms with van der Waals surface area (Å²) in [5.74, 6) is 0.930. The van der Waals surface area contributed by atoms with Gasteiger partial charge >= 0.3 is 0 Å². The molecular formula is C11H12BrN5. The quantitative estimate of drug-likeness (QED) is 0.909. The maximum absolute atomic E-state index is 5.55. The molecule has 2 aromatic rings. The van der Waals surface area contributed by atoms with E-state index in [2.05, 4.69) is 36.2 Å². The van der Waals surface area contributed by atoms with Crippen LogP contribution >= 0.6 is 15.9 Å². The number of nitrogen functional groups attached to an aromatic ring is 1. The van der Waals surface area contributed by atoms with Gasteiger partial charge in [-0.2, -0.15) is 4.98 Å². The third-order valence-corrected chi connectivity index (χ3v) is 2.90. The molecule has 0 aliphatic carbocycles. The lowest BCUT2D eigenvalue weighted by molar-refractivity contribution is 0.867. The summed E-state index contributed by atoms with van der Waals surface area (Å²) >= 11 is 3.38. The smallest absolute Gasteiger partial charge is 0.221 e. The molecule has 0 saturated carbocycles. The molecule has 1 unspecified atom stereocenters. The predicted molar refractivity (Wildman–Crippen MR) is 70.4 cm³/mol. The van der Waals surface area contributed by atoms with Gasteiger partial charge in [-0.25, -0.2) is 4.98 Å². The fourth-order valence-electron chi connectivity index (χ4n) is 1.42. The third kappa shape index (κ3) is 2.91. The Kier molecular flexibility index (Phi) is 3.53. The Balaban J connectivity index is 2.18. The van der Waals surface area contributed by atoms with Gasteiger partial charge in [-0.05, 0) is 40.5 Å². The zero-order chi connectivity index (χ0) is 12.3. The van der Waals surface area contributed by atoms with Crippen molar-refractivity contribution in [1.29, 1.82) is 0 Å². The van der Waals surface area contributed by atoms with Gasteiger partial charge in [0.15, 0.2) is 0 Å². The summed E-state index contributed by atoms with van der Waals surface area (Å²) in [5, 5.41) is 3.26. The van der Waals surface area contributed by atoms with Crippen LogP contribution < -0.4 is 11.1 Å². The number of hydrogen-bond donors (Lipinski definition) is 2. The highest BCUT2D eigenvalue weighted by molar-refractivity contribution is 9.10. The number of nitrogens with two attached hydrogens (primary N) is 1. The number of nitrogens with zero attached hydrogens (tertiary/aromatic N) is 3. The highest BCUT2D eigenvalue weighted by atomic mass is 79.9. The van der Waals surface area contributed by atoms with E-state index in [0.717, 1.165) is 10.0 Å². The van der Waals surface area contributed by atoms with Gasteiger partial charge in [0.25, 0.3) is 0 Å². The van der Waals surface area contributed by atoms with Crippen LogP contribution in [-0.4, -0.2) is 15.0 Å². The average Bonchev–Trinajstić information content (AvgIpc) is 2.35. The minimum Gasteiger partial charge on any atom is -0.368 e. The summed E-state index contributed by atoms with van der Waals surface area (Å²) in [7, 11) is 0. The van der Waals surface area contributed by atoms with E-state index in [0.29, 0.717) is 5.82 Å². The minimum absolute atomic E-state index is 0.114. The van der Waals surface area contributed by atoms with Crippen LogP contribution in [0.5, 0.6) is 0 Å². The summed E-state index contributed by atoms with van der Waals surface area (Å²) in [6, 6.07) is 4.02. The maximum atomic E-state index is 5.55. The van der Waals surface area contributed by atoms with Crippen molar-refractivity contribution in [3.63, 3.8) is 0 Å². The van der Waals surface area contributed by atoms with Crippen LogP contribution in [0.2, 0.25) is 0 Å². The van der Waals surface area contributed by atoms with E-state index in [1.54, 1.807) is 18.6 Å². The molecule has 2 aromatic heterocycles. The van der Waals surface area contributed by atoms with E-state index in [1.165, 1.54) is 0 Å². The number of rotatable bonds is 3. The molecule has 0 radical (unpaired) electrons. The Hall–Kier alpha value is -1.69. The predicted octanol–water partition coefficient (Wildman–Crippen LogP) is 2.39. The van der Waals surface area contributed by atoms with Gasteiger partial charge in [-0.1, -0.05) is 0 Å². The van der Waals surface area contributed by atoms with Gasteiger partial charge in [0, 0.05) is 18.6 Å². The Morgan fingerprint density at radius 2 is 2.06 bits per heavy atom. The Morgan fingerprint density at radius 3 is 2.76 bits per heavy atom. The normalized spacial score (nSPS) is 12.1. The van der Waals surface area contributed by atoms with Crippen LogP contribution in [0.4, 0.5) is 11.8 Å². The van der Waals surface area contributed by atoms with Crippen molar-refractivity contribution in [2.75, 3.05) is 11.1 Å². The summed E-state index contributed by atoms with van der Waals surface area (Å²) in [6.07, 6.45) is 5.15. The fraction of sp³-hybridized carbons (Fsp3) is 0.182. The molecule has 0 amide bonds. The highest BCUT2D eigenvalue weighted by Crippen LogP contribution is 2.24. The Morgan fingerprint density at radius 1 is 1.35 bits per heavy atom.